The normalized spacial score (nSPS) is 15.1. The quantitative estimate of drug-likeness (QED) is 0.558. The summed E-state index contributed by atoms with van der Waals surface area (Å²) in [5.41, 5.74) is 1.23. The highest BCUT2D eigenvalue weighted by Crippen LogP contribution is 2.26. The molecule has 1 aromatic heterocycles. The van der Waals surface area contributed by atoms with Crippen molar-refractivity contribution in [1.29, 1.82) is 0 Å². The van der Waals surface area contributed by atoms with Gasteiger partial charge >= 0.3 is 5.97 Å². The summed E-state index contributed by atoms with van der Waals surface area (Å²) in [7, 11) is -3.92. The Morgan fingerprint density at radius 1 is 1.00 bits per heavy atom. The van der Waals surface area contributed by atoms with Crippen LogP contribution in [0.2, 0.25) is 0 Å². The maximum Gasteiger partial charge on any atom is 0.374 e. The number of anilines is 2. The van der Waals surface area contributed by atoms with Gasteiger partial charge in [-0.1, -0.05) is 6.92 Å². The summed E-state index contributed by atoms with van der Waals surface area (Å²) in [5.74, 6) is -1.54. The fourth-order valence-electron chi connectivity index (χ4n) is 3.39. The predicted octanol–water partition coefficient (Wildman–Crippen LogP) is 2.84. The second kappa shape index (κ2) is 10.6. The van der Waals surface area contributed by atoms with Crippen LogP contribution >= 0.6 is 0 Å². The fraction of sp³-hybridized carbons (Fsp3) is 0.409. The zero-order chi connectivity index (χ0) is 24.0. The molecule has 0 atom stereocenters. The highest BCUT2D eigenvalue weighted by molar-refractivity contribution is 7.89. The topological polar surface area (TPSA) is 135 Å². The van der Waals surface area contributed by atoms with Crippen LogP contribution in [-0.2, 0) is 24.3 Å². The van der Waals surface area contributed by atoms with Crippen molar-refractivity contribution in [2.75, 3.05) is 30.3 Å². The molecule has 1 aliphatic heterocycles. The average molecular weight is 478 g/mol. The minimum Gasteiger partial charge on any atom is -0.460 e. The third kappa shape index (κ3) is 5.99. The van der Waals surface area contributed by atoms with Crippen LogP contribution in [-0.4, -0.2) is 50.2 Å². The van der Waals surface area contributed by atoms with Crippen molar-refractivity contribution in [3.05, 3.63) is 42.2 Å². The molecule has 178 valence electrons. The van der Waals surface area contributed by atoms with Crippen molar-refractivity contribution in [2.45, 2.75) is 38.2 Å². The molecule has 2 heterocycles. The molecule has 0 radical (unpaired) electrons. The molecule has 1 saturated heterocycles. The van der Waals surface area contributed by atoms with Crippen molar-refractivity contribution in [2.24, 2.45) is 5.92 Å². The van der Waals surface area contributed by atoms with Crippen molar-refractivity contribution < 1.29 is 32.0 Å². The third-order valence-electron chi connectivity index (χ3n) is 5.23. The number of ether oxygens (including phenoxy) is 1. The van der Waals surface area contributed by atoms with Crippen molar-refractivity contribution >= 4 is 39.2 Å². The van der Waals surface area contributed by atoms with E-state index in [9.17, 15) is 22.8 Å². The van der Waals surface area contributed by atoms with E-state index in [-0.39, 0.29) is 48.3 Å². The summed E-state index contributed by atoms with van der Waals surface area (Å²) in [6, 6.07) is 9.29. The largest absolute Gasteiger partial charge is 0.460 e. The Morgan fingerprint density at radius 2 is 1.61 bits per heavy atom. The minimum atomic E-state index is -3.92. The molecule has 1 aromatic carbocycles. The zero-order valence-corrected chi connectivity index (χ0v) is 19.3. The molecule has 0 spiro atoms. The number of rotatable bonds is 8. The lowest BCUT2D eigenvalue weighted by Gasteiger charge is -2.29. The van der Waals surface area contributed by atoms with Crippen molar-refractivity contribution in [3.63, 3.8) is 0 Å². The monoisotopic (exact) mass is 477 g/mol. The zero-order valence-electron chi connectivity index (χ0n) is 18.5. The first-order valence-electron chi connectivity index (χ1n) is 10.7. The smallest absolute Gasteiger partial charge is 0.374 e. The van der Waals surface area contributed by atoms with Gasteiger partial charge in [-0.25, -0.2) is 13.2 Å². The lowest BCUT2D eigenvalue weighted by Crippen LogP contribution is -2.41. The van der Waals surface area contributed by atoms with Gasteiger partial charge in [-0.15, -0.1) is 0 Å². The Kier molecular flexibility index (Phi) is 7.88. The molecule has 0 saturated carbocycles. The van der Waals surface area contributed by atoms with Crippen LogP contribution < -0.4 is 10.6 Å². The highest BCUT2D eigenvalue weighted by atomic mass is 32.2. The van der Waals surface area contributed by atoms with E-state index >= 15 is 0 Å². The van der Waals surface area contributed by atoms with E-state index < -0.39 is 16.0 Å². The van der Waals surface area contributed by atoms with Crippen molar-refractivity contribution in [1.82, 2.24) is 4.31 Å². The van der Waals surface area contributed by atoms with Crippen LogP contribution in [0.25, 0.3) is 0 Å². The second-order valence-electron chi connectivity index (χ2n) is 7.49. The molecular weight excluding hydrogens is 450 g/mol. The highest BCUT2D eigenvalue weighted by Gasteiger charge is 2.34. The molecule has 0 unspecified atom stereocenters. The van der Waals surface area contributed by atoms with Gasteiger partial charge in [0.25, 0.3) is 10.0 Å². The molecular formula is C22H27N3O7S. The number of hydrogen-bond donors (Lipinski definition) is 2. The van der Waals surface area contributed by atoms with Gasteiger partial charge in [0, 0.05) is 36.8 Å². The molecule has 2 amide bonds. The summed E-state index contributed by atoms with van der Waals surface area (Å²) >= 11 is 0. The fourth-order valence-corrected chi connectivity index (χ4v) is 4.77. The number of amides is 2. The minimum absolute atomic E-state index is 0.0971. The van der Waals surface area contributed by atoms with Gasteiger partial charge in [0.05, 0.1) is 6.61 Å². The number of esters is 1. The van der Waals surface area contributed by atoms with Gasteiger partial charge in [0.1, 0.15) is 0 Å². The van der Waals surface area contributed by atoms with E-state index in [0.29, 0.717) is 30.6 Å². The van der Waals surface area contributed by atoms with Crippen LogP contribution in [0.1, 0.15) is 43.7 Å². The van der Waals surface area contributed by atoms with Crippen molar-refractivity contribution in [3.8, 4) is 0 Å². The van der Waals surface area contributed by atoms with Crippen LogP contribution in [0.4, 0.5) is 11.4 Å². The van der Waals surface area contributed by atoms with E-state index in [0.717, 1.165) is 0 Å². The summed E-state index contributed by atoms with van der Waals surface area (Å²) in [6.07, 6.45) is 1.07. The number of sulfonamides is 1. The van der Waals surface area contributed by atoms with Gasteiger partial charge < -0.3 is 19.8 Å². The average Bonchev–Trinajstić information content (AvgIpc) is 3.32. The van der Waals surface area contributed by atoms with E-state index in [1.165, 1.54) is 16.4 Å². The number of furan rings is 1. The first-order chi connectivity index (χ1) is 15.7. The van der Waals surface area contributed by atoms with Gasteiger partial charge in [-0.2, -0.15) is 4.31 Å². The van der Waals surface area contributed by atoms with Crippen LogP contribution in [0.15, 0.2) is 45.9 Å². The Morgan fingerprint density at radius 3 is 2.18 bits per heavy atom. The molecule has 33 heavy (non-hydrogen) atoms. The lowest BCUT2D eigenvalue weighted by molar-refractivity contribution is -0.121. The molecule has 10 nitrogen and oxygen atoms in total. The molecule has 2 aromatic rings. The van der Waals surface area contributed by atoms with Gasteiger partial charge in [-0.3, -0.25) is 9.59 Å². The number of carbonyl (C=O) groups excluding carboxylic acids is 3. The van der Waals surface area contributed by atoms with Gasteiger partial charge in [0.2, 0.25) is 22.7 Å². The molecule has 3 rings (SSSR count). The SMILES string of the molecule is CCOC(=O)c1ccc(S(=O)(=O)N2CCC(C(=O)Nc3ccc(NC(=O)CC)cc3)CC2)o1. The first-order valence-corrected chi connectivity index (χ1v) is 12.2. The Bertz CT molecular complexity index is 1100. The Balaban J connectivity index is 1.55. The molecule has 0 aliphatic carbocycles. The summed E-state index contributed by atoms with van der Waals surface area (Å²) in [6.45, 7) is 3.85. The molecule has 0 bridgehead atoms. The van der Waals surface area contributed by atoms with Gasteiger partial charge in [0.15, 0.2) is 0 Å². The number of carbonyl (C=O) groups is 3. The molecule has 11 heteroatoms. The Hall–Kier alpha value is -3.18. The first kappa shape index (κ1) is 24.5. The van der Waals surface area contributed by atoms with Gasteiger partial charge in [-0.05, 0) is 56.2 Å². The van der Waals surface area contributed by atoms with Crippen LogP contribution in [0.5, 0.6) is 0 Å². The molecule has 1 aliphatic rings. The Labute approximate surface area is 192 Å². The molecule has 1 fully saturated rings. The summed E-state index contributed by atoms with van der Waals surface area (Å²) < 4.78 is 36.9. The predicted molar refractivity (Wildman–Crippen MR) is 120 cm³/mol. The number of benzene rings is 1. The number of nitrogens with one attached hydrogen (secondary N) is 2. The number of nitrogens with zero attached hydrogens (tertiary/aromatic N) is 1. The maximum absolute atomic E-state index is 12.8. The summed E-state index contributed by atoms with van der Waals surface area (Å²) in [5, 5.41) is 5.23. The van der Waals surface area contributed by atoms with E-state index in [4.69, 9.17) is 9.15 Å². The maximum atomic E-state index is 12.8. The standard InChI is InChI=1S/C22H27N3O7S/c1-3-19(26)23-16-5-7-17(8-6-16)24-21(27)15-11-13-25(14-12-15)33(29,30)20-10-9-18(32-20)22(28)31-4-2/h5-10,15H,3-4,11-14H2,1-2H3,(H,23,26)(H,24,27). The third-order valence-corrected chi connectivity index (χ3v) is 7.01. The number of piperidine rings is 1. The van der Waals surface area contributed by atoms with E-state index in [1.807, 2.05) is 0 Å². The molecule has 2 N–H and O–H groups in total. The van der Waals surface area contributed by atoms with E-state index in [1.54, 1.807) is 38.1 Å². The second-order valence-corrected chi connectivity index (χ2v) is 9.35. The van der Waals surface area contributed by atoms with E-state index in [2.05, 4.69) is 10.6 Å². The van der Waals surface area contributed by atoms with Crippen LogP contribution in [0.3, 0.4) is 0 Å². The number of hydrogen-bond acceptors (Lipinski definition) is 7. The lowest BCUT2D eigenvalue weighted by atomic mass is 9.97. The summed E-state index contributed by atoms with van der Waals surface area (Å²) in [4.78, 5) is 35.8. The van der Waals surface area contributed by atoms with Crippen LogP contribution in [0, 0.1) is 5.92 Å².